The Balaban J connectivity index is 1.56. The highest BCUT2D eigenvalue weighted by Gasteiger charge is 2.47. The number of carbonyl (C=O) groups is 2. The van der Waals surface area contributed by atoms with E-state index >= 15 is 0 Å². The Kier molecular flexibility index (Phi) is 8.83. The van der Waals surface area contributed by atoms with Crippen molar-refractivity contribution in [3.63, 3.8) is 0 Å². The molecule has 3 atom stereocenters. The third kappa shape index (κ3) is 6.06. The number of carbonyl (C=O) groups excluding carboxylic acids is 1. The molecule has 0 bridgehead atoms. The first-order chi connectivity index (χ1) is 17.0. The first-order valence-electron chi connectivity index (χ1n) is 12.6. The summed E-state index contributed by atoms with van der Waals surface area (Å²) in [4.78, 5) is 29.7. The van der Waals surface area contributed by atoms with Crippen molar-refractivity contribution in [2.75, 3.05) is 52.7 Å². The van der Waals surface area contributed by atoms with E-state index in [1.165, 1.54) is 0 Å². The summed E-state index contributed by atoms with van der Waals surface area (Å²) in [6.45, 7) is 5.50. The second kappa shape index (κ2) is 12.0. The highest BCUT2D eigenvalue weighted by molar-refractivity contribution is 5.79. The van der Waals surface area contributed by atoms with Gasteiger partial charge in [0.1, 0.15) is 0 Å². The highest BCUT2D eigenvalue weighted by atomic mass is 16.7. The van der Waals surface area contributed by atoms with E-state index < -0.39 is 11.9 Å². The van der Waals surface area contributed by atoms with Crippen LogP contribution in [0, 0.1) is 5.92 Å². The number of benzene rings is 1. The fourth-order valence-corrected chi connectivity index (χ4v) is 5.35. The molecule has 0 radical (unpaired) electrons. The van der Waals surface area contributed by atoms with Crippen LogP contribution < -0.4 is 15.2 Å². The van der Waals surface area contributed by atoms with Crippen LogP contribution in [0.1, 0.15) is 44.1 Å². The molecule has 2 saturated heterocycles. The molecule has 10 nitrogen and oxygen atoms in total. The van der Waals surface area contributed by atoms with Gasteiger partial charge in [-0.3, -0.25) is 14.5 Å². The molecule has 0 unspecified atom stereocenters. The maximum Gasteiger partial charge on any atom is 0.308 e. The lowest BCUT2D eigenvalue weighted by Crippen LogP contribution is -2.45. The molecule has 3 aliphatic heterocycles. The van der Waals surface area contributed by atoms with Crippen molar-refractivity contribution in [2.45, 2.75) is 50.9 Å². The molecule has 1 amide bonds. The molecule has 3 N–H and O–H groups in total. The maximum atomic E-state index is 13.3. The predicted molar refractivity (Wildman–Crippen MR) is 127 cm³/mol. The number of hydrogen-bond donors (Lipinski definition) is 2. The molecule has 0 aliphatic carbocycles. The number of amides is 1. The molecular formula is C25H37N3O7. The minimum Gasteiger partial charge on any atom is -0.481 e. The zero-order valence-corrected chi connectivity index (χ0v) is 20.4. The molecular weight excluding hydrogens is 454 g/mol. The standard InChI is InChI=1S/C25H37N3O7/c1-2-3-9-27(10-8-26)22(29)15-28-14-18(17-4-6-20-21(13-17)35-16-34-20)24(25(30)31)19(28)5-7-23-32-11-12-33-23/h4,6,13,18-19,23-24H,2-3,5,7-12,14-16,26H2,1H3,(H,30,31)/t18-,19+,24-/m1/s1. The quantitative estimate of drug-likeness (QED) is 0.449. The van der Waals surface area contributed by atoms with Crippen LogP contribution in [-0.4, -0.2) is 91.8 Å². The van der Waals surface area contributed by atoms with E-state index in [0.717, 1.165) is 18.4 Å². The first-order valence-corrected chi connectivity index (χ1v) is 12.6. The number of carboxylic acids is 1. The summed E-state index contributed by atoms with van der Waals surface area (Å²) in [6.07, 6.45) is 2.69. The molecule has 2 fully saturated rings. The smallest absolute Gasteiger partial charge is 0.308 e. The molecule has 10 heteroatoms. The fraction of sp³-hybridized carbons (Fsp3) is 0.680. The van der Waals surface area contributed by atoms with Crippen LogP contribution in [-0.2, 0) is 19.1 Å². The van der Waals surface area contributed by atoms with Crippen molar-refractivity contribution in [3.8, 4) is 11.5 Å². The Morgan fingerprint density at radius 1 is 1.14 bits per heavy atom. The molecule has 35 heavy (non-hydrogen) atoms. The average molecular weight is 492 g/mol. The summed E-state index contributed by atoms with van der Waals surface area (Å²) in [5, 5.41) is 10.3. The largest absolute Gasteiger partial charge is 0.481 e. The number of nitrogens with two attached hydrogens (primary N) is 1. The van der Waals surface area contributed by atoms with Crippen molar-refractivity contribution in [2.24, 2.45) is 11.7 Å². The van der Waals surface area contributed by atoms with Gasteiger partial charge in [0.25, 0.3) is 0 Å². The zero-order valence-electron chi connectivity index (χ0n) is 20.4. The van der Waals surface area contributed by atoms with Gasteiger partial charge in [0.05, 0.1) is 25.7 Å². The van der Waals surface area contributed by atoms with Gasteiger partial charge in [0, 0.05) is 38.1 Å². The SMILES string of the molecule is CCCCN(CCN)C(=O)CN1C[C@H](c2ccc3c(c2)OCO3)[C@@H](C(=O)O)[C@@H]1CCC1OCCO1. The number of likely N-dealkylation sites (tertiary alicyclic amines) is 1. The number of aliphatic carboxylic acids is 1. The van der Waals surface area contributed by atoms with Crippen molar-refractivity contribution >= 4 is 11.9 Å². The van der Waals surface area contributed by atoms with Gasteiger partial charge < -0.3 is 34.7 Å². The van der Waals surface area contributed by atoms with Crippen LogP contribution in [0.4, 0.5) is 0 Å². The van der Waals surface area contributed by atoms with Gasteiger partial charge in [-0.05, 0) is 37.0 Å². The van der Waals surface area contributed by atoms with Gasteiger partial charge >= 0.3 is 5.97 Å². The fourth-order valence-electron chi connectivity index (χ4n) is 5.35. The summed E-state index contributed by atoms with van der Waals surface area (Å²) in [7, 11) is 0. The van der Waals surface area contributed by atoms with Crippen molar-refractivity contribution < 1.29 is 33.6 Å². The highest BCUT2D eigenvalue weighted by Crippen LogP contribution is 2.43. The monoisotopic (exact) mass is 491 g/mol. The number of fused-ring (bicyclic) bond motifs is 1. The Bertz CT molecular complexity index is 877. The normalized spacial score (nSPS) is 24.2. The molecule has 194 valence electrons. The summed E-state index contributed by atoms with van der Waals surface area (Å²) < 4.78 is 22.1. The number of nitrogens with zero attached hydrogens (tertiary/aromatic N) is 2. The Morgan fingerprint density at radius 2 is 1.91 bits per heavy atom. The number of ether oxygens (including phenoxy) is 4. The van der Waals surface area contributed by atoms with E-state index in [4.69, 9.17) is 24.7 Å². The van der Waals surface area contributed by atoms with E-state index in [2.05, 4.69) is 6.92 Å². The number of unbranched alkanes of at least 4 members (excludes halogenated alkanes) is 1. The number of rotatable bonds is 12. The minimum atomic E-state index is -0.870. The van der Waals surface area contributed by atoms with Gasteiger partial charge in [-0.15, -0.1) is 0 Å². The van der Waals surface area contributed by atoms with Gasteiger partial charge in [0.2, 0.25) is 12.7 Å². The Labute approximate surface area is 206 Å². The Morgan fingerprint density at radius 3 is 2.63 bits per heavy atom. The van der Waals surface area contributed by atoms with Gasteiger partial charge in [-0.1, -0.05) is 19.4 Å². The average Bonchev–Trinajstić information content (AvgIpc) is 3.59. The summed E-state index contributed by atoms with van der Waals surface area (Å²) >= 11 is 0. The molecule has 0 aromatic heterocycles. The van der Waals surface area contributed by atoms with Gasteiger partial charge in [-0.2, -0.15) is 0 Å². The van der Waals surface area contributed by atoms with E-state index in [-0.39, 0.29) is 37.5 Å². The summed E-state index contributed by atoms with van der Waals surface area (Å²) in [6, 6.07) is 5.27. The summed E-state index contributed by atoms with van der Waals surface area (Å²) in [5.74, 6) is -0.569. The lowest BCUT2D eigenvalue weighted by molar-refractivity contribution is -0.144. The topological polar surface area (TPSA) is 124 Å². The van der Waals surface area contributed by atoms with Crippen LogP contribution in [0.15, 0.2) is 18.2 Å². The molecule has 0 saturated carbocycles. The van der Waals surface area contributed by atoms with Crippen LogP contribution in [0.5, 0.6) is 11.5 Å². The second-order valence-electron chi connectivity index (χ2n) is 9.35. The van der Waals surface area contributed by atoms with Crippen LogP contribution in [0.25, 0.3) is 0 Å². The van der Waals surface area contributed by atoms with Crippen molar-refractivity contribution in [1.29, 1.82) is 0 Å². The van der Waals surface area contributed by atoms with E-state index in [1.54, 1.807) is 4.90 Å². The van der Waals surface area contributed by atoms with Gasteiger partial charge in [-0.25, -0.2) is 0 Å². The molecule has 1 aromatic rings. The van der Waals surface area contributed by atoms with E-state index in [0.29, 0.717) is 63.7 Å². The Hall–Kier alpha value is -2.40. The van der Waals surface area contributed by atoms with Crippen molar-refractivity contribution in [3.05, 3.63) is 23.8 Å². The number of carboxylic acid groups (broad SMARTS) is 1. The van der Waals surface area contributed by atoms with Crippen LogP contribution in [0.3, 0.4) is 0 Å². The third-order valence-electron chi connectivity index (χ3n) is 7.12. The first kappa shape index (κ1) is 25.7. The summed E-state index contributed by atoms with van der Waals surface area (Å²) in [5.41, 5.74) is 6.64. The third-order valence-corrected chi connectivity index (χ3v) is 7.12. The van der Waals surface area contributed by atoms with Crippen LogP contribution in [0.2, 0.25) is 0 Å². The van der Waals surface area contributed by atoms with E-state index in [9.17, 15) is 14.7 Å². The van der Waals surface area contributed by atoms with Crippen molar-refractivity contribution in [1.82, 2.24) is 9.80 Å². The van der Waals surface area contributed by atoms with Crippen LogP contribution >= 0.6 is 0 Å². The predicted octanol–water partition coefficient (Wildman–Crippen LogP) is 1.62. The molecule has 0 spiro atoms. The second-order valence-corrected chi connectivity index (χ2v) is 9.35. The number of hydrogen-bond acceptors (Lipinski definition) is 8. The minimum absolute atomic E-state index is 0.0160. The molecule has 1 aromatic carbocycles. The molecule has 3 aliphatic rings. The molecule has 4 rings (SSSR count). The van der Waals surface area contributed by atoms with Gasteiger partial charge in [0.15, 0.2) is 17.8 Å². The lowest BCUT2D eigenvalue weighted by Gasteiger charge is -2.30. The lowest BCUT2D eigenvalue weighted by atomic mass is 9.83. The maximum absolute atomic E-state index is 13.3. The molecule has 3 heterocycles. The zero-order chi connectivity index (χ0) is 24.8. The van der Waals surface area contributed by atoms with E-state index in [1.807, 2.05) is 23.1 Å².